The quantitative estimate of drug-likeness (QED) is 0.852. The molecule has 0 fully saturated rings. The van der Waals surface area contributed by atoms with Crippen LogP contribution in [0.25, 0.3) is 0 Å². The van der Waals surface area contributed by atoms with Gasteiger partial charge in [-0.05, 0) is 44.7 Å². The van der Waals surface area contributed by atoms with Crippen molar-refractivity contribution in [3.8, 4) is 0 Å². The van der Waals surface area contributed by atoms with Gasteiger partial charge in [0.2, 0.25) is 0 Å². The molecule has 16 heavy (non-hydrogen) atoms. The summed E-state index contributed by atoms with van der Waals surface area (Å²) in [5.41, 5.74) is 8.73. The van der Waals surface area contributed by atoms with E-state index < -0.39 is 0 Å². The maximum Gasteiger partial charge on any atom is 0.0800 e. The number of hydrogen-bond donors (Lipinski definition) is 1. The summed E-state index contributed by atoms with van der Waals surface area (Å²) < 4.78 is 7.78. The van der Waals surface area contributed by atoms with Crippen molar-refractivity contribution in [3.05, 3.63) is 23.5 Å². The number of ether oxygens (including phenoxy) is 1. The van der Waals surface area contributed by atoms with Crippen molar-refractivity contribution in [3.63, 3.8) is 0 Å². The highest BCUT2D eigenvalue weighted by Gasteiger charge is 2.23. The molecule has 1 aromatic heterocycles. The van der Waals surface area contributed by atoms with E-state index in [-0.39, 0.29) is 11.6 Å². The summed E-state index contributed by atoms with van der Waals surface area (Å²) >= 11 is 0. The van der Waals surface area contributed by atoms with E-state index in [0.29, 0.717) is 0 Å². The fourth-order valence-corrected chi connectivity index (χ4v) is 2.42. The van der Waals surface area contributed by atoms with Crippen molar-refractivity contribution < 1.29 is 4.74 Å². The van der Waals surface area contributed by atoms with Crippen LogP contribution < -0.4 is 5.73 Å². The van der Waals surface area contributed by atoms with E-state index in [1.165, 1.54) is 17.7 Å². The molecule has 0 bridgehead atoms. The molecule has 2 N–H and O–H groups in total. The van der Waals surface area contributed by atoms with Gasteiger partial charge in [-0.25, -0.2) is 0 Å². The number of fused-ring (bicyclic) bond motifs is 1. The Kier molecular flexibility index (Phi) is 3.08. The van der Waals surface area contributed by atoms with Crippen LogP contribution >= 0.6 is 0 Å². The predicted molar refractivity (Wildman–Crippen MR) is 65.4 cm³/mol. The van der Waals surface area contributed by atoms with Gasteiger partial charge in [-0.3, -0.25) is 0 Å². The monoisotopic (exact) mass is 222 g/mol. The lowest BCUT2D eigenvalue weighted by Gasteiger charge is -2.27. The Hall–Kier alpha value is -0.800. The van der Waals surface area contributed by atoms with Gasteiger partial charge in [0.1, 0.15) is 0 Å². The minimum absolute atomic E-state index is 0.117. The van der Waals surface area contributed by atoms with Gasteiger partial charge in [0.25, 0.3) is 0 Å². The molecule has 1 heterocycles. The number of aromatic nitrogens is 1. The van der Waals surface area contributed by atoms with Gasteiger partial charge in [0.05, 0.1) is 12.1 Å². The number of nitrogens with zero attached hydrogens (tertiary/aromatic N) is 1. The molecule has 1 aromatic rings. The highest BCUT2D eigenvalue weighted by atomic mass is 16.5. The molecule has 0 amide bonds. The standard InChI is InChI=1S/C13H22N2O/c1-13(2,16-3)9-15-8-7-10-11(14)5-4-6-12(10)15/h7-8,11H,4-6,9,14H2,1-3H3. The summed E-state index contributed by atoms with van der Waals surface area (Å²) in [6.07, 6.45) is 5.61. The van der Waals surface area contributed by atoms with Crippen molar-refractivity contribution in [2.75, 3.05) is 7.11 Å². The van der Waals surface area contributed by atoms with Crippen molar-refractivity contribution in [2.45, 2.75) is 51.3 Å². The van der Waals surface area contributed by atoms with Gasteiger partial charge in [-0.1, -0.05) is 0 Å². The van der Waals surface area contributed by atoms with Crippen LogP contribution in [-0.2, 0) is 17.7 Å². The maximum atomic E-state index is 6.11. The first-order chi connectivity index (χ1) is 7.53. The molecule has 90 valence electrons. The number of methoxy groups -OCH3 is 1. The van der Waals surface area contributed by atoms with Crippen LogP contribution in [0, 0.1) is 0 Å². The summed E-state index contributed by atoms with van der Waals surface area (Å²) in [5.74, 6) is 0. The number of nitrogens with two attached hydrogens (primary N) is 1. The summed E-state index contributed by atoms with van der Waals surface area (Å²) in [6, 6.07) is 2.40. The molecule has 0 aliphatic heterocycles. The zero-order valence-electron chi connectivity index (χ0n) is 10.5. The van der Waals surface area contributed by atoms with Crippen LogP contribution in [0.4, 0.5) is 0 Å². The number of rotatable bonds is 3. The topological polar surface area (TPSA) is 40.2 Å². The normalized spacial score (nSPS) is 20.9. The largest absolute Gasteiger partial charge is 0.377 e. The molecule has 1 aliphatic rings. The third-order valence-corrected chi connectivity index (χ3v) is 3.55. The zero-order valence-corrected chi connectivity index (χ0v) is 10.5. The smallest absolute Gasteiger partial charge is 0.0800 e. The Morgan fingerprint density at radius 2 is 2.31 bits per heavy atom. The lowest BCUT2D eigenvalue weighted by molar-refractivity contribution is 0.00757. The summed E-state index contributed by atoms with van der Waals surface area (Å²) in [5, 5.41) is 0. The molecule has 1 aliphatic carbocycles. The summed E-state index contributed by atoms with van der Waals surface area (Å²) in [4.78, 5) is 0. The van der Waals surface area contributed by atoms with E-state index in [1.54, 1.807) is 7.11 Å². The Bertz CT molecular complexity index is 368. The molecule has 2 rings (SSSR count). The van der Waals surface area contributed by atoms with Crippen LogP contribution in [-0.4, -0.2) is 17.3 Å². The Morgan fingerprint density at radius 3 is 3.00 bits per heavy atom. The SMILES string of the molecule is COC(C)(C)Cn1ccc2c1CCCC2N. The summed E-state index contributed by atoms with van der Waals surface area (Å²) in [7, 11) is 1.77. The van der Waals surface area contributed by atoms with Crippen LogP contribution in [0.2, 0.25) is 0 Å². The first-order valence-corrected chi connectivity index (χ1v) is 6.02. The van der Waals surface area contributed by atoms with Crippen molar-refractivity contribution >= 4 is 0 Å². The Morgan fingerprint density at radius 1 is 1.56 bits per heavy atom. The van der Waals surface area contributed by atoms with Gasteiger partial charge in [-0.15, -0.1) is 0 Å². The molecule has 0 saturated carbocycles. The lowest BCUT2D eigenvalue weighted by atomic mass is 9.93. The second kappa shape index (κ2) is 4.22. The average Bonchev–Trinajstić information content (AvgIpc) is 2.63. The first-order valence-electron chi connectivity index (χ1n) is 6.02. The van der Waals surface area contributed by atoms with E-state index in [1.807, 2.05) is 0 Å². The maximum absolute atomic E-state index is 6.11. The van der Waals surface area contributed by atoms with Crippen LogP contribution in [0.15, 0.2) is 12.3 Å². The van der Waals surface area contributed by atoms with Gasteiger partial charge in [-0.2, -0.15) is 0 Å². The van der Waals surface area contributed by atoms with Gasteiger partial charge >= 0.3 is 0 Å². The second-order valence-corrected chi connectivity index (χ2v) is 5.31. The Balaban J connectivity index is 2.23. The minimum Gasteiger partial charge on any atom is -0.377 e. The first kappa shape index (κ1) is 11.7. The minimum atomic E-state index is -0.117. The second-order valence-electron chi connectivity index (χ2n) is 5.31. The van der Waals surface area contributed by atoms with Crippen molar-refractivity contribution in [1.82, 2.24) is 4.57 Å². The fourth-order valence-electron chi connectivity index (χ4n) is 2.42. The van der Waals surface area contributed by atoms with E-state index >= 15 is 0 Å². The highest BCUT2D eigenvalue weighted by molar-refractivity contribution is 5.28. The zero-order chi connectivity index (χ0) is 11.8. The molecule has 3 heteroatoms. The highest BCUT2D eigenvalue weighted by Crippen LogP contribution is 2.29. The van der Waals surface area contributed by atoms with Gasteiger partial charge in [0.15, 0.2) is 0 Å². The average molecular weight is 222 g/mol. The predicted octanol–water partition coefficient (Wildman–Crippen LogP) is 2.25. The Labute approximate surface area is 97.6 Å². The third-order valence-electron chi connectivity index (χ3n) is 3.55. The van der Waals surface area contributed by atoms with Gasteiger partial charge < -0.3 is 15.0 Å². The van der Waals surface area contributed by atoms with Crippen LogP contribution in [0.3, 0.4) is 0 Å². The van der Waals surface area contributed by atoms with Gasteiger partial charge in [0, 0.05) is 25.0 Å². The van der Waals surface area contributed by atoms with Crippen LogP contribution in [0.5, 0.6) is 0 Å². The molecular formula is C13H22N2O. The molecule has 0 spiro atoms. The molecule has 0 radical (unpaired) electrons. The molecule has 1 unspecified atom stereocenters. The van der Waals surface area contributed by atoms with Crippen molar-refractivity contribution in [1.29, 1.82) is 0 Å². The molecule has 0 aromatic carbocycles. The van der Waals surface area contributed by atoms with E-state index in [0.717, 1.165) is 19.4 Å². The fraction of sp³-hybridized carbons (Fsp3) is 0.692. The third kappa shape index (κ3) is 2.15. The van der Waals surface area contributed by atoms with E-state index in [2.05, 4.69) is 30.7 Å². The molecular weight excluding hydrogens is 200 g/mol. The van der Waals surface area contributed by atoms with E-state index in [4.69, 9.17) is 10.5 Å². The molecule has 1 atom stereocenters. The van der Waals surface area contributed by atoms with Crippen LogP contribution in [0.1, 0.15) is 44.0 Å². The summed E-state index contributed by atoms with van der Waals surface area (Å²) in [6.45, 7) is 5.12. The van der Waals surface area contributed by atoms with Crippen molar-refractivity contribution in [2.24, 2.45) is 5.73 Å². The number of hydrogen-bond acceptors (Lipinski definition) is 2. The molecule has 0 saturated heterocycles. The van der Waals surface area contributed by atoms with E-state index in [9.17, 15) is 0 Å². The lowest BCUT2D eigenvalue weighted by Crippen LogP contribution is -2.30. The molecule has 3 nitrogen and oxygen atoms in total.